The molecule has 0 fully saturated rings. The minimum atomic E-state index is -0.237. The van der Waals surface area contributed by atoms with Gasteiger partial charge in [-0.2, -0.15) is 0 Å². The maximum absolute atomic E-state index is 5.09. The average molecular weight is 841 g/mol. The van der Waals surface area contributed by atoms with Crippen LogP contribution in [-0.4, -0.2) is 12.2 Å². The van der Waals surface area contributed by atoms with E-state index in [1.54, 1.807) is 0 Å². The van der Waals surface area contributed by atoms with E-state index >= 15 is 0 Å². The highest BCUT2D eigenvalue weighted by molar-refractivity contribution is 7.80. The zero-order chi connectivity index (χ0) is 45.6. The van der Waals surface area contributed by atoms with Crippen LogP contribution in [0.3, 0.4) is 0 Å². The molecule has 3 aliphatic rings. The highest BCUT2D eigenvalue weighted by atomic mass is 32.1. The number of benzene rings is 3. The molecule has 0 spiro atoms. The van der Waals surface area contributed by atoms with Gasteiger partial charge in [-0.25, -0.2) is 0 Å². The molecule has 6 rings (SSSR count). The van der Waals surface area contributed by atoms with Crippen molar-refractivity contribution < 1.29 is 0 Å². The fourth-order valence-corrected chi connectivity index (χ4v) is 9.14. The first kappa shape index (κ1) is 46.8. The molecule has 0 bridgehead atoms. The monoisotopic (exact) mass is 841 g/mol. The number of thiol groups is 1. The first-order valence-electron chi connectivity index (χ1n) is 22.7. The van der Waals surface area contributed by atoms with Gasteiger partial charge in [0.25, 0.3) is 0 Å². The fraction of sp³-hybridized carbons (Fsp3) is 0.379. The van der Waals surface area contributed by atoms with Gasteiger partial charge in [-0.1, -0.05) is 169 Å². The Morgan fingerprint density at radius 1 is 0.839 bits per heavy atom. The molecule has 3 aromatic rings. The molecular weight excluding hydrogens is 768 g/mol. The number of fused-ring (bicyclic) bond motifs is 2. The maximum Gasteiger partial charge on any atom is 0.196 e. The summed E-state index contributed by atoms with van der Waals surface area (Å²) in [4.78, 5) is 5.61. The second kappa shape index (κ2) is 17.5. The SMILES string of the molecule is C=C/C=C(\C=C/N(C(=C)c1cc(C2=CCCC=C2)ccc1S)/C1=C/C(C(C)(C)C)=C\N(c2ccc(C(C)(C)C)cc2)c2cc3c(cc2BC1=C)C(C)(C)CCC3(C)C)C(C)(C)C. The third-order valence-corrected chi connectivity index (χ3v) is 13.7. The van der Waals surface area contributed by atoms with Crippen LogP contribution in [0.5, 0.6) is 0 Å². The number of allylic oxidation sites excluding steroid dienone is 11. The van der Waals surface area contributed by atoms with E-state index in [9.17, 15) is 0 Å². The minimum Gasteiger partial charge on any atom is -0.318 e. The molecule has 2 aliphatic carbocycles. The lowest BCUT2D eigenvalue weighted by Crippen LogP contribution is -2.37. The van der Waals surface area contributed by atoms with E-state index in [2.05, 4.69) is 210 Å². The van der Waals surface area contributed by atoms with Crippen molar-refractivity contribution in [3.8, 4) is 0 Å². The van der Waals surface area contributed by atoms with Gasteiger partial charge in [0.2, 0.25) is 0 Å². The molecule has 0 aromatic heterocycles. The summed E-state index contributed by atoms with van der Waals surface area (Å²) in [6, 6.07) is 20.8. The molecule has 0 unspecified atom stereocenters. The molecule has 0 radical (unpaired) electrons. The average Bonchev–Trinajstić information content (AvgIpc) is 3.25. The molecule has 0 saturated heterocycles. The number of rotatable bonds is 8. The predicted molar refractivity (Wildman–Crippen MR) is 278 cm³/mol. The molecule has 324 valence electrons. The minimum absolute atomic E-state index is 0.0443. The fourth-order valence-electron chi connectivity index (χ4n) is 8.87. The Balaban J connectivity index is 1.66. The molecule has 0 N–H and O–H groups in total. The molecule has 0 atom stereocenters. The summed E-state index contributed by atoms with van der Waals surface area (Å²) in [6.07, 6.45) is 24.4. The standard InChI is InChI=1S/C58H73BN2S/c1-17-21-43(54(4,5)6)30-33-60(40(3)47-34-42(24-29-53(47)62)41-22-19-18-20-23-41)51-35-45(56(10,11)12)38-61(46-27-25-44(26-28-46)55(7,8)9)52-37-49-48(36-50(52)59-39(51)2)57(13,14)31-32-58(49,15)16/h17,19,21-30,33-38,59,62H,1-3,18,20,31-32H2,4-16H3/b33-30-,43-21+,45-38+,51-35+. The Hall–Kier alpha value is -4.67. The van der Waals surface area contributed by atoms with Crippen LogP contribution < -0.4 is 10.4 Å². The van der Waals surface area contributed by atoms with Gasteiger partial charge in [0.1, 0.15) is 0 Å². The van der Waals surface area contributed by atoms with Gasteiger partial charge in [0.05, 0.1) is 0 Å². The van der Waals surface area contributed by atoms with Crippen molar-refractivity contribution in [2.45, 2.75) is 137 Å². The summed E-state index contributed by atoms with van der Waals surface area (Å²) in [7, 11) is 0.657. The zero-order valence-corrected chi connectivity index (χ0v) is 41.3. The van der Waals surface area contributed by atoms with Gasteiger partial charge in [-0.15, -0.1) is 19.2 Å². The van der Waals surface area contributed by atoms with Gasteiger partial charge in [-0.05, 0) is 134 Å². The van der Waals surface area contributed by atoms with E-state index in [1.165, 1.54) is 39.0 Å². The molecule has 1 aliphatic heterocycles. The molecule has 3 aromatic carbocycles. The quantitative estimate of drug-likeness (QED) is 0.137. The van der Waals surface area contributed by atoms with E-state index < -0.39 is 0 Å². The lowest BCUT2D eigenvalue weighted by molar-refractivity contribution is 0.332. The topological polar surface area (TPSA) is 6.48 Å². The molecular formula is C58H73BN2S. The van der Waals surface area contributed by atoms with Crippen LogP contribution in [-0.2, 0) is 16.2 Å². The number of anilines is 2. The van der Waals surface area contributed by atoms with E-state index in [1.807, 2.05) is 6.08 Å². The largest absolute Gasteiger partial charge is 0.318 e. The van der Waals surface area contributed by atoms with Gasteiger partial charge < -0.3 is 9.80 Å². The number of nitrogens with zero attached hydrogens (tertiary/aromatic N) is 2. The van der Waals surface area contributed by atoms with Crippen molar-refractivity contribution in [2.75, 3.05) is 4.90 Å². The van der Waals surface area contributed by atoms with E-state index in [4.69, 9.17) is 25.8 Å². The molecule has 2 nitrogen and oxygen atoms in total. The summed E-state index contributed by atoms with van der Waals surface area (Å²) < 4.78 is 0. The van der Waals surface area contributed by atoms with Crippen molar-refractivity contribution in [3.63, 3.8) is 0 Å². The van der Waals surface area contributed by atoms with Crippen LogP contribution in [0, 0.1) is 10.8 Å². The first-order chi connectivity index (χ1) is 28.8. The third-order valence-electron chi connectivity index (χ3n) is 13.3. The number of hydrogen-bond acceptors (Lipinski definition) is 3. The predicted octanol–water partition coefficient (Wildman–Crippen LogP) is 15.5. The first-order valence-corrected chi connectivity index (χ1v) is 23.2. The Kier molecular flexibility index (Phi) is 13.2. The smallest absolute Gasteiger partial charge is 0.196 e. The van der Waals surface area contributed by atoms with Gasteiger partial charge in [0, 0.05) is 45.6 Å². The summed E-state index contributed by atoms with van der Waals surface area (Å²) in [6.45, 7) is 44.2. The maximum atomic E-state index is 5.09. The number of hydrogen-bond donors (Lipinski definition) is 1. The second-order valence-corrected chi connectivity index (χ2v) is 22.7. The van der Waals surface area contributed by atoms with E-state index in [-0.39, 0.29) is 27.1 Å². The van der Waals surface area contributed by atoms with Gasteiger partial charge in [0.15, 0.2) is 7.28 Å². The van der Waals surface area contributed by atoms with Crippen LogP contribution in [0.1, 0.15) is 144 Å². The molecule has 0 amide bonds. The van der Waals surface area contributed by atoms with Crippen LogP contribution >= 0.6 is 12.6 Å². The van der Waals surface area contributed by atoms with Crippen molar-refractivity contribution in [3.05, 3.63) is 179 Å². The molecule has 62 heavy (non-hydrogen) atoms. The highest BCUT2D eigenvalue weighted by Gasteiger charge is 2.39. The Bertz CT molecular complexity index is 2440. The third kappa shape index (κ3) is 10.1. The molecule has 1 heterocycles. The van der Waals surface area contributed by atoms with E-state index in [0.717, 1.165) is 69.8 Å². The van der Waals surface area contributed by atoms with Crippen LogP contribution in [0.25, 0.3) is 11.3 Å². The Morgan fingerprint density at radius 3 is 2.05 bits per heavy atom. The van der Waals surface area contributed by atoms with Crippen molar-refractivity contribution in [2.24, 2.45) is 10.8 Å². The molecule has 4 heteroatoms. The summed E-state index contributed by atoms with van der Waals surface area (Å²) in [5, 5.41) is 0. The highest BCUT2D eigenvalue weighted by Crippen LogP contribution is 2.48. The Morgan fingerprint density at radius 2 is 1.48 bits per heavy atom. The zero-order valence-electron chi connectivity index (χ0n) is 40.4. The van der Waals surface area contributed by atoms with Gasteiger partial charge >= 0.3 is 0 Å². The normalized spacial score (nSPS) is 19.7. The van der Waals surface area contributed by atoms with Crippen molar-refractivity contribution >= 4 is 48.0 Å². The Labute approximate surface area is 383 Å². The van der Waals surface area contributed by atoms with Crippen molar-refractivity contribution in [1.29, 1.82) is 0 Å². The lowest BCUT2D eigenvalue weighted by Gasteiger charge is -2.43. The molecule has 0 saturated carbocycles. The van der Waals surface area contributed by atoms with Crippen molar-refractivity contribution in [1.82, 2.24) is 4.90 Å². The lowest BCUT2D eigenvalue weighted by atomic mass is 9.57. The van der Waals surface area contributed by atoms with E-state index in [0.29, 0.717) is 7.28 Å². The van der Waals surface area contributed by atoms with Crippen LogP contribution in [0.4, 0.5) is 11.4 Å². The van der Waals surface area contributed by atoms with Gasteiger partial charge in [-0.3, -0.25) is 0 Å². The summed E-state index contributed by atoms with van der Waals surface area (Å²) in [5.74, 6) is 0. The second-order valence-electron chi connectivity index (χ2n) is 22.2. The van der Waals surface area contributed by atoms with Crippen LogP contribution in [0.15, 0.2) is 156 Å². The van der Waals surface area contributed by atoms with Crippen LogP contribution in [0.2, 0.25) is 0 Å². The summed E-state index contributed by atoms with van der Waals surface area (Å²) in [5.41, 5.74) is 16.2. The summed E-state index contributed by atoms with van der Waals surface area (Å²) >= 11 is 5.09.